The largest absolute Gasteiger partial charge is 0.545 e. The van der Waals surface area contributed by atoms with Crippen LogP contribution in [0, 0.1) is 0 Å². The van der Waals surface area contributed by atoms with Crippen LogP contribution in [0.3, 0.4) is 0 Å². The quantitative estimate of drug-likeness (QED) is 0.514. The van der Waals surface area contributed by atoms with Gasteiger partial charge in [0.2, 0.25) is 0 Å². The van der Waals surface area contributed by atoms with Crippen molar-refractivity contribution in [1.29, 1.82) is 0 Å². The highest BCUT2D eigenvalue weighted by atomic mass is 32.2. The number of rotatable bonds is 3. The molecule has 0 aliphatic heterocycles. The Morgan fingerprint density at radius 2 is 1.92 bits per heavy atom. The average Bonchev–Trinajstić information content (AvgIpc) is 2.05. The van der Waals surface area contributed by atoms with Crippen LogP contribution in [0.5, 0.6) is 0 Å². The van der Waals surface area contributed by atoms with Gasteiger partial charge in [-0.1, -0.05) is 30.0 Å². The van der Waals surface area contributed by atoms with E-state index < -0.39 is 5.97 Å². The number of hydrogen-bond donors (Lipinski definition) is 0. The third-order valence-electron chi connectivity index (χ3n) is 1.15. The molecule has 70 valence electrons. The summed E-state index contributed by atoms with van der Waals surface area (Å²) in [6.45, 7) is 0. The number of carboxylic acid groups (broad SMARTS) is 1. The zero-order valence-electron chi connectivity index (χ0n) is 6.77. The molecule has 0 saturated heterocycles. The highest BCUT2D eigenvalue weighted by Crippen LogP contribution is 2.17. The van der Waals surface area contributed by atoms with Crippen molar-refractivity contribution in [1.82, 2.24) is 0 Å². The second kappa shape index (κ2) is 6.28. The summed E-state index contributed by atoms with van der Waals surface area (Å²) >= 11 is 1.35. The van der Waals surface area contributed by atoms with Crippen LogP contribution in [0.4, 0.5) is 0 Å². The Kier molecular flexibility index (Phi) is 5.67. The van der Waals surface area contributed by atoms with Gasteiger partial charge in [0, 0.05) is 4.90 Å². The predicted molar refractivity (Wildman–Crippen MR) is 50.1 cm³/mol. The maximum absolute atomic E-state index is 9.98. The standard InChI is InChI=1S/C9H8O2S.H2O/c10-9(11)6-7-12-8-4-2-1-3-5-8;/h1-7H,(H,10,11);1H2/p-1/b7-6+;. The molecular weight excluding hydrogens is 188 g/mol. The van der Waals surface area contributed by atoms with E-state index in [0.717, 1.165) is 11.0 Å². The summed E-state index contributed by atoms with van der Waals surface area (Å²) in [5.74, 6) is -1.17. The van der Waals surface area contributed by atoms with Gasteiger partial charge in [-0.15, -0.1) is 0 Å². The van der Waals surface area contributed by atoms with Crippen molar-refractivity contribution < 1.29 is 15.4 Å². The minimum absolute atomic E-state index is 0. The second-order valence-corrected chi connectivity index (χ2v) is 3.03. The lowest BCUT2D eigenvalue weighted by molar-refractivity contribution is -0.297. The number of hydrogen-bond acceptors (Lipinski definition) is 3. The molecule has 1 aromatic rings. The molecule has 0 fully saturated rings. The van der Waals surface area contributed by atoms with Crippen molar-refractivity contribution in [2.75, 3.05) is 0 Å². The molecule has 0 aliphatic rings. The van der Waals surface area contributed by atoms with E-state index in [1.807, 2.05) is 30.3 Å². The number of thioether (sulfide) groups is 1. The highest BCUT2D eigenvalue weighted by Gasteiger charge is 1.85. The van der Waals surface area contributed by atoms with Crippen LogP contribution in [-0.2, 0) is 4.79 Å². The van der Waals surface area contributed by atoms with Crippen molar-refractivity contribution in [2.24, 2.45) is 0 Å². The molecule has 0 saturated carbocycles. The third kappa shape index (κ3) is 5.05. The Bertz CT molecular complexity index is 282. The van der Waals surface area contributed by atoms with E-state index in [2.05, 4.69) is 0 Å². The van der Waals surface area contributed by atoms with Crippen LogP contribution in [0.1, 0.15) is 0 Å². The molecule has 2 N–H and O–H groups in total. The Morgan fingerprint density at radius 3 is 2.46 bits per heavy atom. The third-order valence-corrected chi connectivity index (χ3v) is 1.97. The molecule has 3 nitrogen and oxygen atoms in total. The number of benzene rings is 1. The molecule has 0 atom stereocenters. The maximum Gasteiger partial charge on any atom is 0.0648 e. The highest BCUT2D eigenvalue weighted by molar-refractivity contribution is 8.02. The minimum atomic E-state index is -1.17. The van der Waals surface area contributed by atoms with Crippen molar-refractivity contribution >= 4 is 17.7 Å². The van der Waals surface area contributed by atoms with Gasteiger partial charge < -0.3 is 15.4 Å². The lowest BCUT2D eigenvalue weighted by Gasteiger charge is -1.93. The molecule has 0 heterocycles. The SMILES string of the molecule is O.O=C([O-])/C=C/Sc1ccccc1. The van der Waals surface area contributed by atoms with Crippen LogP contribution in [-0.4, -0.2) is 11.4 Å². The first kappa shape index (κ1) is 11.7. The molecule has 0 aliphatic carbocycles. The molecule has 1 aromatic carbocycles. The van der Waals surface area contributed by atoms with Gasteiger partial charge >= 0.3 is 0 Å². The zero-order valence-corrected chi connectivity index (χ0v) is 7.58. The molecule has 0 bridgehead atoms. The average molecular weight is 197 g/mol. The van der Waals surface area contributed by atoms with Crippen molar-refractivity contribution in [3.8, 4) is 0 Å². The minimum Gasteiger partial charge on any atom is -0.545 e. The normalized spacial score (nSPS) is 9.54. The summed E-state index contributed by atoms with van der Waals surface area (Å²) in [5.41, 5.74) is 0. The molecule has 0 spiro atoms. The summed E-state index contributed by atoms with van der Waals surface area (Å²) in [6.07, 6.45) is 1.01. The van der Waals surface area contributed by atoms with E-state index in [-0.39, 0.29) is 5.48 Å². The Labute approximate surface area is 80.4 Å². The van der Waals surface area contributed by atoms with Gasteiger partial charge in [0.1, 0.15) is 0 Å². The smallest absolute Gasteiger partial charge is 0.0648 e. The van der Waals surface area contributed by atoms with Gasteiger partial charge in [0.25, 0.3) is 0 Å². The first-order chi connectivity index (χ1) is 5.79. The van der Waals surface area contributed by atoms with E-state index in [1.54, 1.807) is 0 Å². The monoisotopic (exact) mass is 197 g/mol. The summed E-state index contributed by atoms with van der Waals surface area (Å²) in [5, 5.41) is 11.5. The van der Waals surface area contributed by atoms with Crippen LogP contribution >= 0.6 is 11.8 Å². The molecule has 0 amide bonds. The maximum atomic E-state index is 9.98. The fraction of sp³-hybridized carbons (Fsp3) is 0. The molecule has 13 heavy (non-hydrogen) atoms. The van der Waals surface area contributed by atoms with E-state index in [9.17, 15) is 9.90 Å². The summed E-state index contributed by atoms with van der Waals surface area (Å²) in [6, 6.07) is 9.52. The van der Waals surface area contributed by atoms with Crippen molar-refractivity contribution in [3.05, 3.63) is 41.8 Å². The van der Waals surface area contributed by atoms with Gasteiger partial charge in [0.05, 0.1) is 5.97 Å². The van der Waals surface area contributed by atoms with Gasteiger partial charge in [-0.25, -0.2) is 0 Å². The summed E-state index contributed by atoms with van der Waals surface area (Å²) in [4.78, 5) is 11.0. The number of carbonyl (C=O) groups excluding carboxylic acids is 1. The van der Waals surface area contributed by atoms with E-state index >= 15 is 0 Å². The van der Waals surface area contributed by atoms with Gasteiger partial charge in [-0.05, 0) is 23.6 Å². The number of aliphatic carboxylic acids is 1. The van der Waals surface area contributed by atoms with Crippen molar-refractivity contribution in [2.45, 2.75) is 4.90 Å². The lowest BCUT2D eigenvalue weighted by Crippen LogP contribution is -2.18. The number of carbonyl (C=O) groups is 1. The van der Waals surface area contributed by atoms with E-state index in [0.29, 0.717) is 0 Å². The first-order valence-corrected chi connectivity index (χ1v) is 4.26. The Hall–Kier alpha value is -1.26. The molecule has 0 radical (unpaired) electrons. The Balaban J connectivity index is 0.00000144. The molecule has 0 unspecified atom stereocenters. The van der Waals surface area contributed by atoms with Gasteiger partial charge in [-0.2, -0.15) is 0 Å². The second-order valence-electron chi connectivity index (χ2n) is 2.05. The fourth-order valence-corrected chi connectivity index (χ4v) is 1.32. The lowest BCUT2D eigenvalue weighted by atomic mass is 10.4. The van der Waals surface area contributed by atoms with Gasteiger partial charge in [0.15, 0.2) is 0 Å². The fourth-order valence-electron chi connectivity index (χ4n) is 0.667. The predicted octanol–water partition coefficient (Wildman–Crippen LogP) is 0.218. The number of carboxylic acids is 1. The topological polar surface area (TPSA) is 71.6 Å². The van der Waals surface area contributed by atoms with E-state index in [1.165, 1.54) is 17.2 Å². The summed E-state index contributed by atoms with van der Waals surface area (Å²) < 4.78 is 0. The molecule has 4 heteroatoms. The van der Waals surface area contributed by atoms with Crippen LogP contribution < -0.4 is 5.11 Å². The molecule has 0 aromatic heterocycles. The first-order valence-electron chi connectivity index (χ1n) is 3.38. The summed E-state index contributed by atoms with van der Waals surface area (Å²) in [7, 11) is 0. The van der Waals surface area contributed by atoms with Gasteiger partial charge in [-0.3, -0.25) is 0 Å². The van der Waals surface area contributed by atoms with Crippen molar-refractivity contribution in [3.63, 3.8) is 0 Å². The van der Waals surface area contributed by atoms with Crippen LogP contribution in [0.2, 0.25) is 0 Å². The van der Waals surface area contributed by atoms with Crippen LogP contribution in [0.25, 0.3) is 0 Å². The Morgan fingerprint density at radius 1 is 1.31 bits per heavy atom. The molecular formula is C9H9O3S-. The zero-order chi connectivity index (χ0) is 8.81. The van der Waals surface area contributed by atoms with E-state index in [4.69, 9.17) is 0 Å². The molecule has 1 rings (SSSR count). The van der Waals surface area contributed by atoms with Crippen LogP contribution in [0.15, 0.2) is 46.7 Å².